The first-order valence-corrected chi connectivity index (χ1v) is 4.73. The molecule has 0 saturated heterocycles. The van der Waals surface area contributed by atoms with E-state index in [0.717, 1.165) is 5.57 Å². The van der Waals surface area contributed by atoms with Crippen molar-refractivity contribution in [2.45, 2.75) is 47.1 Å². The van der Waals surface area contributed by atoms with E-state index in [-0.39, 0.29) is 11.4 Å². The number of rotatable bonds is 2. The Hall–Kier alpha value is -0.790. The van der Waals surface area contributed by atoms with Crippen molar-refractivity contribution in [3.63, 3.8) is 0 Å². The maximum Gasteiger partial charge on any atom is 0.247 e. The van der Waals surface area contributed by atoms with Crippen molar-refractivity contribution in [3.05, 3.63) is 11.6 Å². The number of nitrogens with one attached hydrogen (secondary N) is 1. The fourth-order valence-electron chi connectivity index (χ4n) is 1.01. The molecule has 1 N–H and O–H groups in total. The van der Waals surface area contributed by atoms with Gasteiger partial charge in [0.15, 0.2) is 0 Å². The highest BCUT2D eigenvalue weighted by Crippen LogP contribution is 2.05. The number of hydrogen-bond acceptors (Lipinski definition) is 1. The Morgan fingerprint density at radius 1 is 1.31 bits per heavy atom. The van der Waals surface area contributed by atoms with Crippen LogP contribution in [0.3, 0.4) is 0 Å². The van der Waals surface area contributed by atoms with E-state index >= 15 is 0 Å². The van der Waals surface area contributed by atoms with Crippen molar-refractivity contribution in [2.75, 3.05) is 0 Å². The summed E-state index contributed by atoms with van der Waals surface area (Å²) in [4.78, 5) is 11.5. The van der Waals surface area contributed by atoms with Gasteiger partial charge in [-0.1, -0.05) is 19.9 Å². The van der Waals surface area contributed by atoms with Crippen LogP contribution < -0.4 is 5.32 Å². The van der Waals surface area contributed by atoms with Crippen LogP contribution in [0.2, 0.25) is 0 Å². The lowest BCUT2D eigenvalue weighted by Gasteiger charge is -2.20. The lowest BCUT2D eigenvalue weighted by Crippen LogP contribution is -2.41. The minimum absolute atomic E-state index is 0.0289. The van der Waals surface area contributed by atoms with Crippen molar-refractivity contribution in [3.8, 4) is 0 Å². The monoisotopic (exact) mass is 183 g/mol. The summed E-state index contributed by atoms with van der Waals surface area (Å²) < 4.78 is 0. The Morgan fingerprint density at radius 3 is 2.08 bits per heavy atom. The van der Waals surface area contributed by atoms with Gasteiger partial charge < -0.3 is 5.32 Å². The fraction of sp³-hybridized carbons (Fsp3) is 0.727. The third kappa shape index (κ3) is 6.38. The lowest BCUT2D eigenvalue weighted by atomic mass is 10.1. The standard InChI is InChI=1S/C11H21NO/c1-8(2)7-9(3)10(13)12-11(4,5)6/h7-8H,1-6H3,(H,12,13)/b9-7-. The highest BCUT2D eigenvalue weighted by Gasteiger charge is 2.14. The van der Waals surface area contributed by atoms with Crippen LogP contribution in [-0.4, -0.2) is 11.4 Å². The second-order valence-electron chi connectivity index (χ2n) is 4.80. The zero-order valence-electron chi connectivity index (χ0n) is 9.56. The van der Waals surface area contributed by atoms with Crippen LogP contribution in [0, 0.1) is 5.92 Å². The van der Waals surface area contributed by atoms with Crippen LogP contribution in [0.25, 0.3) is 0 Å². The molecule has 0 aromatic rings. The summed E-state index contributed by atoms with van der Waals surface area (Å²) in [6.45, 7) is 11.9. The molecular weight excluding hydrogens is 162 g/mol. The van der Waals surface area contributed by atoms with E-state index < -0.39 is 0 Å². The number of amides is 1. The summed E-state index contributed by atoms with van der Waals surface area (Å²) in [6, 6.07) is 0. The van der Waals surface area contributed by atoms with Crippen molar-refractivity contribution in [1.82, 2.24) is 5.32 Å². The Balaban J connectivity index is 4.29. The Morgan fingerprint density at radius 2 is 1.77 bits per heavy atom. The van der Waals surface area contributed by atoms with Gasteiger partial charge in [-0.2, -0.15) is 0 Å². The van der Waals surface area contributed by atoms with Gasteiger partial charge >= 0.3 is 0 Å². The molecule has 0 aliphatic heterocycles. The van der Waals surface area contributed by atoms with E-state index in [1.165, 1.54) is 0 Å². The van der Waals surface area contributed by atoms with Gasteiger partial charge in [-0.25, -0.2) is 0 Å². The third-order valence-electron chi connectivity index (χ3n) is 1.43. The largest absolute Gasteiger partial charge is 0.348 e. The van der Waals surface area contributed by atoms with Crippen LogP contribution in [0.15, 0.2) is 11.6 Å². The van der Waals surface area contributed by atoms with E-state index in [4.69, 9.17) is 0 Å². The highest BCUT2D eigenvalue weighted by molar-refractivity contribution is 5.93. The molecule has 0 aliphatic carbocycles. The van der Waals surface area contributed by atoms with Gasteiger partial charge in [0.05, 0.1) is 0 Å². The van der Waals surface area contributed by atoms with E-state index in [2.05, 4.69) is 19.2 Å². The molecule has 0 radical (unpaired) electrons. The van der Waals surface area contributed by atoms with Crippen molar-refractivity contribution >= 4 is 5.91 Å². The first-order chi connectivity index (χ1) is 5.72. The number of allylic oxidation sites excluding steroid dienone is 1. The maximum absolute atomic E-state index is 11.5. The van der Waals surface area contributed by atoms with Gasteiger partial charge in [-0.05, 0) is 33.6 Å². The van der Waals surface area contributed by atoms with Gasteiger partial charge in [0.2, 0.25) is 5.91 Å². The van der Waals surface area contributed by atoms with Crippen LogP contribution in [0.1, 0.15) is 41.5 Å². The van der Waals surface area contributed by atoms with Crippen molar-refractivity contribution < 1.29 is 4.79 Å². The first-order valence-electron chi connectivity index (χ1n) is 4.73. The molecule has 0 fully saturated rings. The van der Waals surface area contributed by atoms with Crippen LogP contribution in [0.4, 0.5) is 0 Å². The molecule has 0 heterocycles. The second-order valence-corrected chi connectivity index (χ2v) is 4.80. The average Bonchev–Trinajstić information content (AvgIpc) is 1.81. The smallest absolute Gasteiger partial charge is 0.247 e. The quantitative estimate of drug-likeness (QED) is 0.655. The molecule has 0 bridgehead atoms. The van der Waals surface area contributed by atoms with E-state index in [9.17, 15) is 4.79 Å². The van der Waals surface area contributed by atoms with Gasteiger partial charge in [-0.15, -0.1) is 0 Å². The molecule has 0 spiro atoms. The summed E-state index contributed by atoms with van der Waals surface area (Å²) in [5, 5.41) is 2.92. The van der Waals surface area contributed by atoms with E-state index in [1.54, 1.807) is 0 Å². The van der Waals surface area contributed by atoms with Crippen LogP contribution in [-0.2, 0) is 4.79 Å². The number of hydrogen-bond donors (Lipinski definition) is 1. The summed E-state index contributed by atoms with van der Waals surface area (Å²) in [6.07, 6.45) is 1.97. The summed E-state index contributed by atoms with van der Waals surface area (Å²) in [5.74, 6) is 0.451. The molecular formula is C11H21NO. The van der Waals surface area contributed by atoms with Crippen LogP contribution in [0.5, 0.6) is 0 Å². The predicted molar refractivity (Wildman–Crippen MR) is 56.5 cm³/mol. The highest BCUT2D eigenvalue weighted by atomic mass is 16.1. The van der Waals surface area contributed by atoms with Gasteiger partial charge in [0.1, 0.15) is 0 Å². The Bertz CT molecular complexity index is 209. The minimum atomic E-state index is -0.150. The zero-order chi connectivity index (χ0) is 10.6. The molecule has 0 atom stereocenters. The molecule has 0 aromatic heterocycles. The zero-order valence-corrected chi connectivity index (χ0v) is 9.56. The summed E-state index contributed by atoms with van der Waals surface area (Å²) in [7, 11) is 0. The topological polar surface area (TPSA) is 29.1 Å². The molecule has 0 saturated carbocycles. The number of carbonyl (C=O) groups excluding carboxylic acids is 1. The number of carbonyl (C=O) groups is 1. The summed E-state index contributed by atoms with van der Waals surface area (Å²) >= 11 is 0. The van der Waals surface area contributed by atoms with E-state index in [0.29, 0.717) is 5.92 Å². The van der Waals surface area contributed by atoms with Crippen molar-refractivity contribution in [2.24, 2.45) is 5.92 Å². The average molecular weight is 183 g/mol. The third-order valence-corrected chi connectivity index (χ3v) is 1.43. The molecule has 13 heavy (non-hydrogen) atoms. The molecule has 0 aliphatic rings. The van der Waals surface area contributed by atoms with Gasteiger partial charge in [0.25, 0.3) is 0 Å². The first kappa shape index (κ1) is 12.2. The Labute approximate surface area is 81.4 Å². The van der Waals surface area contributed by atoms with E-state index in [1.807, 2.05) is 33.8 Å². The van der Waals surface area contributed by atoms with Gasteiger partial charge in [-0.3, -0.25) is 4.79 Å². The normalized spacial score (nSPS) is 13.3. The van der Waals surface area contributed by atoms with Crippen LogP contribution >= 0.6 is 0 Å². The van der Waals surface area contributed by atoms with Gasteiger partial charge in [0, 0.05) is 11.1 Å². The molecule has 76 valence electrons. The molecule has 2 nitrogen and oxygen atoms in total. The fourth-order valence-corrected chi connectivity index (χ4v) is 1.01. The molecule has 0 unspecified atom stereocenters. The second kappa shape index (κ2) is 4.45. The lowest BCUT2D eigenvalue weighted by molar-refractivity contribution is -0.118. The Kier molecular flexibility index (Phi) is 4.18. The maximum atomic E-state index is 11.5. The van der Waals surface area contributed by atoms with Crippen molar-refractivity contribution in [1.29, 1.82) is 0 Å². The summed E-state index contributed by atoms with van der Waals surface area (Å²) in [5.41, 5.74) is 0.647. The molecule has 0 rings (SSSR count). The SMILES string of the molecule is C/C(=C/C(C)C)C(=O)NC(C)(C)C. The minimum Gasteiger partial charge on any atom is -0.348 e. The molecule has 2 heteroatoms. The predicted octanol–water partition coefficient (Wildman–Crippen LogP) is 2.50. The molecule has 0 aromatic carbocycles. The molecule has 1 amide bonds.